The van der Waals surface area contributed by atoms with E-state index in [9.17, 15) is 9.59 Å². The lowest BCUT2D eigenvalue weighted by atomic mass is 10.1. The molecular weight excluding hydrogens is 392 g/mol. The van der Waals surface area contributed by atoms with Crippen molar-refractivity contribution in [3.63, 3.8) is 0 Å². The fraction of sp³-hybridized carbons (Fsp3) is 0.360. The molecule has 0 unspecified atom stereocenters. The number of hydrogen-bond acceptors (Lipinski definition) is 4. The van der Waals surface area contributed by atoms with Crippen LogP contribution >= 0.6 is 0 Å². The van der Waals surface area contributed by atoms with Crippen molar-refractivity contribution in [3.8, 4) is 0 Å². The maximum atomic E-state index is 13.3. The second kappa shape index (κ2) is 9.69. The molecular formula is C25H28N2O4. The minimum absolute atomic E-state index is 0.0323. The first-order valence-corrected chi connectivity index (χ1v) is 10.8. The highest BCUT2D eigenvalue weighted by molar-refractivity contribution is 5.94. The van der Waals surface area contributed by atoms with Crippen LogP contribution in [0.4, 0.5) is 0 Å². The number of aryl methyl sites for hydroxylation is 1. The summed E-state index contributed by atoms with van der Waals surface area (Å²) in [5.74, 6) is 1.97. The van der Waals surface area contributed by atoms with Gasteiger partial charge in [0.2, 0.25) is 5.91 Å². The molecule has 1 fully saturated rings. The lowest BCUT2D eigenvalue weighted by Gasteiger charge is -2.27. The minimum Gasteiger partial charge on any atom is -0.464 e. The molecule has 0 spiro atoms. The summed E-state index contributed by atoms with van der Waals surface area (Å²) in [4.78, 5) is 29.6. The van der Waals surface area contributed by atoms with E-state index < -0.39 is 0 Å². The van der Waals surface area contributed by atoms with Gasteiger partial charge in [0.15, 0.2) is 5.76 Å². The summed E-state index contributed by atoms with van der Waals surface area (Å²) in [6.07, 6.45) is 4.41. The summed E-state index contributed by atoms with van der Waals surface area (Å²) < 4.78 is 11.0. The zero-order chi connectivity index (χ0) is 21.6. The monoisotopic (exact) mass is 420 g/mol. The van der Waals surface area contributed by atoms with Crippen LogP contribution < -0.4 is 0 Å². The summed E-state index contributed by atoms with van der Waals surface area (Å²) in [6, 6.07) is 17.2. The predicted octanol–water partition coefficient (Wildman–Crippen LogP) is 4.30. The molecule has 4 rings (SSSR count). The Morgan fingerprint density at radius 3 is 2.45 bits per heavy atom. The van der Waals surface area contributed by atoms with Gasteiger partial charge in [-0.25, -0.2) is 0 Å². The Morgan fingerprint density at radius 2 is 1.81 bits per heavy atom. The molecule has 2 heterocycles. The van der Waals surface area contributed by atoms with Crippen LogP contribution in [-0.4, -0.2) is 41.2 Å². The summed E-state index contributed by atoms with van der Waals surface area (Å²) in [6.45, 7) is 3.43. The highest BCUT2D eigenvalue weighted by Gasteiger charge is 2.30. The van der Waals surface area contributed by atoms with Gasteiger partial charge in [0.1, 0.15) is 18.1 Å². The van der Waals surface area contributed by atoms with Crippen molar-refractivity contribution in [2.75, 3.05) is 19.6 Å². The molecule has 1 aliphatic carbocycles. The molecule has 1 aromatic carbocycles. The van der Waals surface area contributed by atoms with Gasteiger partial charge in [0, 0.05) is 13.1 Å². The number of amides is 2. The van der Waals surface area contributed by atoms with Crippen molar-refractivity contribution in [3.05, 3.63) is 83.7 Å². The largest absolute Gasteiger partial charge is 0.464 e. The topological polar surface area (TPSA) is 66.9 Å². The zero-order valence-corrected chi connectivity index (χ0v) is 17.8. The standard InChI is InChI=1S/C25H28N2O4/c1-19-9-12-22(31-19)17-26(14-13-20-6-3-2-4-7-20)24(28)18-27(16-21-10-11-21)25(29)23-8-5-15-30-23/h2-9,12,15,21H,10-11,13-14,16-18H2,1H3. The second-order valence-corrected chi connectivity index (χ2v) is 8.17. The van der Waals surface area contributed by atoms with Crippen LogP contribution in [0, 0.1) is 12.8 Å². The van der Waals surface area contributed by atoms with Crippen LogP contribution in [0.15, 0.2) is 69.7 Å². The molecule has 6 nitrogen and oxygen atoms in total. The fourth-order valence-electron chi connectivity index (χ4n) is 3.61. The summed E-state index contributed by atoms with van der Waals surface area (Å²) in [5, 5.41) is 0. The molecule has 0 N–H and O–H groups in total. The average Bonchev–Trinajstić information content (AvgIpc) is 3.24. The van der Waals surface area contributed by atoms with E-state index in [0.29, 0.717) is 25.6 Å². The second-order valence-electron chi connectivity index (χ2n) is 8.17. The number of nitrogens with zero attached hydrogens (tertiary/aromatic N) is 2. The summed E-state index contributed by atoms with van der Waals surface area (Å²) >= 11 is 0. The van der Waals surface area contributed by atoms with Crippen LogP contribution in [0.2, 0.25) is 0 Å². The van der Waals surface area contributed by atoms with E-state index in [0.717, 1.165) is 36.3 Å². The van der Waals surface area contributed by atoms with Crippen LogP contribution in [-0.2, 0) is 17.8 Å². The SMILES string of the molecule is Cc1ccc(CN(CCc2ccccc2)C(=O)CN(CC2CC2)C(=O)c2ccco2)o1. The van der Waals surface area contributed by atoms with Gasteiger partial charge in [0.05, 0.1) is 12.8 Å². The van der Waals surface area contributed by atoms with Gasteiger partial charge in [-0.1, -0.05) is 30.3 Å². The Hall–Kier alpha value is -3.28. The molecule has 0 radical (unpaired) electrons. The third-order valence-electron chi connectivity index (χ3n) is 5.53. The molecule has 1 aliphatic rings. The highest BCUT2D eigenvalue weighted by Crippen LogP contribution is 2.30. The Labute approximate surface area is 182 Å². The first-order chi connectivity index (χ1) is 15.1. The van der Waals surface area contributed by atoms with E-state index in [2.05, 4.69) is 12.1 Å². The number of hydrogen-bond donors (Lipinski definition) is 0. The molecule has 0 aliphatic heterocycles. The van der Waals surface area contributed by atoms with Crippen LogP contribution in [0.3, 0.4) is 0 Å². The van der Waals surface area contributed by atoms with Gasteiger partial charge < -0.3 is 18.6 Å². The van der Waals surface area contributed by atoms with E-state index in [1.54, 1.807) is 21.9 Å². The first kappa shape index (κ1) is 21.0. The molecule has 2 aromatic heterocycles. The smallest absolute Gasteiger partial charge is 0.290 e. The van der Waals surface area contributed by atoms with Crippen molar-refractivity contribution in [2.24, 2.45) is 5.92 Å². The quantitative estimate of drug-likeness (QED) is 0.490. The molecule has 3 aromatic rings. The Morgan fingerprint density at radius 1 is 1.00 bits per heavy atom. The number of benzene rings is 1. The molecule has 162 valence electrons. The maximum absolute atomic E-state index is 13.3. The average molecular weight is 421 g/mol. The van der Waals surface area contributed by atoms with Gasteiger partial charge >= 0.3 is 0 Å². The first-order valence-electron chi connectivity index (χ1n) is 10.8. The Kier molecular flexibility index (Phi) is 6.55. The van der Waals surface area contributed by atoms with Gasteiger partial charge in [-0.15, -0.1) is 0 Å². The predicted molar refractivity (Wildman–Crippen MR) is 116 cm³/mol. The molecule has 1 saturated carbocycles. The van der Waals surface area contributed by atoms with Crippen LogP contribution in [0.5, 0.6) is 0 Å². The minimum atomic E-state index is -0.234. The van der Waals surface area contributed by atoms with Gasteiger partial charge in [0.25, 0.3) is 5.91 Å². The zero-order valence-electron chi connectivity index (χ0n) is 17.8. The Bertz CT molecular complexity index is 990. The molecule has 0 saturated heterocycles. The maximum Gasteiger partial charge on any atom is 0.290 e. The number of carbonyl (C=O) groups excluding carboxylic acids is 2. The molecule has 31 heavy (non-hydrogen) atoms. The van der Waals surface area contributed by atoms with E-state index in [-0.39, 0.29) is 24.1 Å². The number of carbonyl (C=O) groups is 2. The number of rotatable bonds is 10. The van der Waals surface area contributed by atoms with Gasteiger partial charge in [-0.3, -0.25) is 9.59 Å². The van der Waals surface area contributed by atoms with Gasteiger partial charge in [-0.2, -0.15) is 0 Å². The number of furan rings is 2. The summed E-state index contributed by atoms with van der Waals surface area (Å²) in [7, 11) is 0. The van der Waals surface area contributed by atoms with E-state index >= 15 is 0 Å². The van der Waals surface area contributed by atoms with Crippen molar-refractivity contribution in [1.82, 2.24) is 9.80 Å². The highest BCUT2D eigenvalue weighted by atomic mass is 16.3. The van der Waals surface area contributed by atoms with Gasteiger partial charge in [-0.05, 0) is 61.9 Å². The van der Waals surface area contributed by atoms with Crippen molar-refractivity contribution >= 4 is 11.8 Å². The molecule has 6 heteroatoms. The van der Waals surface area contributed by atoms with E-state index in [1.165, 1.54) is 6.26 Å². The third-order valence-corrected chi connectivity index (χ3v) is 5.53. The third kappa shape index (κ3) is 5.87. The van der Waals surface area contributed by atoms with E-state index in [1.807, 2.05) is 37.3 Å². The molecule has 0 atom stereocenters. The molecule has 2 amide bonds. The fourth-order valence-corrected chi connectivity index (χ4v) is 3.61. The lowest BCUT2D eigenvalue weighted by Crippen LogP contribution is -2.44. The van der Waals surface area contributed by atoms with Crippen LogP contribution in [0.25, 0.3) is 0 Å². The Balaban J connectivity index is 1.47. The summed E-state index contributed by atoms with van der Waals surface area (Å²) in [5.41, 5.74) is 1.16. The van der Waals surface area contributed by atoms with Crippen LogP contribution in [0.1, 0.15) is 40.5 Å². The normalized spacial score (nSPS) is 13.2. The van der Waals surface area contributed by atoms with E-state index in [4.69, 9.17) is 8.83 Å². The van der Waals surface area contributed by atoms with Crippen molar-refractivity contribution in [2.45, 2.75) is 32.7 Å². The lowest BCUT2D eigenvalue weighted by molar-refractivity contribution is -0.132. The molecule has 0 bridgehead atoms. The van der Waals surface area contributed by atoms with Crippen molar-refractivity contribution in [1.29, 1.82) is 0 Å². The van der Waals surface area contributed by atoms with Crippen molar-refractivity contribution < 1.29 is 18.4 Å².